The first-order valence-corrected chi connectivity index (χ1v) is 19.7. The van der Waals surface area contributed by atoms with Crippen LogP contribution in [-0.2, 0) is 0 Å². The molecule has 1 aromatic heterocycles. The second-order valence-corrected chi connectivity index (χ2v) is 14.8. The Balaban J connectivity index is 1.01. The van der Waals surface area contributed by atoms with Gasteiger partial charge in [0, 0.05) is 27.9 Å². The number of benzene rings is 10. The molecule has 3 heteroatoms. The summed E-state index contributed by atoms with van der Waals surface area (Å²) in [6, 6.07) is 77.9. The van der Waals surface area contributed by atoms with Gasteiger partial charge in [-0.1, -0.05) is 158 Å². The van der Waals surface area contributed by atoms with Crippen LogP contribution in [0.1, 0.15) is 0 Å². The third kappa shape index (κ3) is 6.07. The summed E-state index contributed by atoms with van der Waals surface area (Å²) in [5.41, 5.74) is 12.8. The van der Waals surface area contributed by atoms with Crippen LogP contribution in [-0.4, -0.2) is 4.98 Å². The average Bonchev–Trinajstić information content (AvgIpc) is 3.75. The number of anilines is 3. The molecule has 0 spiro atoms. The Bertz CT molecular complexity index is 3290. The van der Waals surface area contributed by atoms with Gasteiger partial charge in [-0.25, -0.2) is 4.98 Å². The van der Waals surface area contributed by atoms with Gasteiger partial charge in [-0.3, -0.25) is 0 Å². The molecule has 0 radical (unpaired) electrons. The molecule has 58 heavy (non-hydrogen) atoms. The van der Waals surface area contributed by atoms with Crippen molar-refractivity contribution in [3.63, 3.8) is 0 Å². The molecule has 10 aromatic carbocycles. The van der Waals surface area contributed by atoms with Gasteiger partial charge in [0.2, 0.25) is 5.89 Å². The number of fused-ring (bicyclic) bond motifs is 5. The molecule has 0 atom stereocenters. The lowest BCUT2D eigenvalue weighted by molar-refractivity contribution is 0.623. The maximum Gasteiger partial charge on any atom is 0.227 e. The smallest absolute Gasteiger partial charge is 0.227 e. The van der Waals surface area contributed by atoms with Gasteiger partial charge in [-0.15, -0.1) is 0 Å². The molecule has 0 amide bonds. The maximum absolute atomic E-state index is 6.58. The van der Waals surface area contributed by atoms with Gasteiger partial charge < -0.3 is 9.32 Å². The lowest BCUT2D eigenvalue weighted by Gasteiger charge is -2.28. The number of para-hydroxylation sites is 1. The Hall–Kier alpha value is -7.75. The summed E-state index contributed by atoms with van der Waals surface area (Å²) in [6.07, 6.45) is 0. The molecule has 11 rings (SSSR count). The van der Waals surface area contributed by atoms with Crippen LogP contribution in [0.3, 0.4) is 0 Å². The molecule has 0 aliphatic carbocycles. The van der Waals surface area contributed by atoms with E-state index < -0.39 is 0 Å². The molecule has 0 fully saturated rings. The first kappa shape index (κ1) is 33.6. The fraction of sp³-hybridized carbons (Fsp3) is 0. The minimum Gasteiger partial charge on any atom is -0.435 e. The van der Waals surface area contributed by atoms with Crippen molar-refractivity contribution in [2.24, 2.45) is 0 Å². The summed E-state index contributed by atoms with van der Waals surface area (Å²) in [5.74, 6) is 0.625. The molecule has 3 nitrogen and oxygen atoms in total. The number of oxazole rings is 1. The summed E-state index contributed by atoms with van der Waals surface area (Å²) in [4.78, 5) is 7.32. The van der Waals surface area contributed by atoms with Crippen LogP contribution < -0.4 is 4.90 Å². The van der Waals surface area contributed by atoms with Crippen molar-refractivity contribution < 1.29 is 4.42 Å². The SMILES string of the molecule is c1ccc(-c2ccccc2N(c2ccc(-c3ccc4ccccc4c3)cc2)c2cccc(-c3ccc4ccc5nc(-c6ccc7ccccc7c6)oc5c4c3)c2)cc1. The lowest BCUT2D eigenvalue weighted by Crippen LogP contribution is -2.11. The zero-order chi connectivity index (χ0) is 38.4. The van der Waals surface area contributed by atoms with E-state index in [1.807, 2.05) is 0 Å². The third-order valence-electron chi connectivity index (χ3n) is 11.2. The number of nitrogens with zero attached hydrogens (tertiary/aromatic N) is 2. The van der Waals surface area contributed by atoms with Crippen molar-refractivity contribution in [1.29, 1.82) is 0 Å². The Kier molecular flexibility index (Phi) is 8.15. The summed E-state index contributed by atoms with van der Waals surface area (Å²) < 4.78 is 6.58. The van der Waals surface area contributed by atoms with Gasteiger partial charge in [0.05, 0.1) is 5.69 Å². The molecule has 272 valence electrons. The quantitative estimate of drug-likeness (QED) is 0.163. The minimum absolute atomic E-state index is 0.625. The van der Waals surface area contributed by atoms with Crippen LogP contribution in [0.5, 0.6) is 0 Å². The molecule has 1 heterocycles. The van der Waals surface area contributed by atoms with Crippen molar-refractivity contribution in [2.75, 3.05) is 4.90 Å². The van der Waals surface area contributed by atoms with Crippen molar-refractivity contribution in [2.45, 2.75) is 0 Å². The van der Waals surface area contributed by atoms with Crippen molar-refractivity contribution in [3.8, 4) is 44.8 Å². The average molecular weight is 741 g/mol. The highest BCUT2D eigenvalue weighted by Crippen LogP contribution is 2.43. The molecular weight excluding hydrogens is 705 g/mol. The van der Waals surface area contributed by atoms with E-state index in [2.05, 4.69) is 223 Å². The molecule has 11 aromatic rings. The first-order valence-electron chi connectivity index (χ1n) is 19.7. The fourth-order valence-corrected chi connectivity index (χ4v) is 8.28. The summed E-state index contributed by atoms with van der Waals surface area (Å²) in [5, 5.41) is 6.99. The van der Waals surface area contributed by atoms with Crippen LogP contribution in [0.4, 0.5) is 17.1 Å². The molecule has 0 unspecified atom stereocenters. The summed E-state index contributed by atoms with van der Waals surface area (Å²) >= 11 is 0. The highest BCUT2D eigenvalue weighted by molar-refractivity contribution is 6.05. The van der Waals surface area contributed by atoms with E-state index in [-0.39, 0.29) is 0 Å². The molecule has 0 bridgehead atoms. The normalized spacial score (nSPS) is 11.4. The molecule has 0 aliphatic heterocycles. The largest absolute Gasteiger partial charge is 0.435 e. The zero-order valence-electron chi connectivity index (χ0n) is 31.6. The number of hydrogen-bond donors (Lipinski definition) is 0. The maximum atomic E-state index is 6.58. The van der Waals surface area contributed by atoms with Crippen molar-refractivity contribution in [1.82, 2.24) is 4.98 Å². The Morgan fingerprint density at radius 2 is 0.914 bits per heavy atom. The second-order valence-electron chi connectivity index (χ2n) is 14.8. The summed E-state index contributed by atoms with van der Waals surface area (Å²) in [6.45, 7) is 0. The highest BCUT2D eigenvalue weighted by Gasteiger charge is 2.19. The van der Waals surface area contributed by atoms with Crippen molar-refractivity contribution in [3.05, 3.63) is 218 Å². The van der Waals surface area contributed by atoms with Gasteiger partial charge in [-0.05, 0) is 115 Å². The molecule has 0 saturated carbocycles. The summed E-state index contributed by atoms with van der Waals surface area (Å²) in [7, 11) is 0. The van der Waals surface area contributed by atoms with E-state index in [0.29, 0.717) is 5.89 Å². The topological polar surface area (TPSA) is 29.3 Å². The van der Waals surface area contributed by atoms with Crippen LogP contribution >= 0.6 is 0 Å². The van der Waals surface area contributed by atoms with Gasteiger partial charge in [-0.2, -0.15) is 0 Å². The van der Waals surface area contributed by atoms with E-state index in [4.69, 9.17) is 9.40 Å². The molecule has 0 N–H and O–H groups in total. The van der Waals surface area contributed by atoms with Crippen molar-refractivity contribution >= 4 is 60.5 Å². The van der Waals surface area contributed by atoms with Crippen LogP contribution in [0, 0.1) is 0 Å². The first-order chi connectivity index (χ1) is 28.7. The monoisotopic (exact) mass is 740 g/mol. The number of aromatic nitrogens is 1. The highest BCUT2D eigenvalue weighted by atomic mass is 16.3. The van der Waals surface area contributed by atoms with Gasteiger partial charge in [0.1, 0.15) is 5.52 Å². The number of rotatable bonds is 7. The standard InChI is InChI=1S/C55H36N2O/c1-2-13-40(14-3-1)50-19-8-9-20-53(50)57(48-30-27-39(28-31-48)45-24-21-37-11-4-6-15-42(37)33-45)49-18-10-17-44(35-49)46-25-23-41-29-32-52-54(51(41)36-46)58-55(56-52)47-26-22-38-12-5-7-16-43(38)34-47/h1-36H. The van der Waals surface area contributed by atoms with Gasteiger partial charge in [0.15, 0.2) is 5.58 Å². The van der Waals surface area contributed by atoms with Crippen LogP contribution in [0.2, 0.25) is 0 Å². The van der Waals surface area contributed by atoms with Gasteiger partial charge in [0.25, 0.3) is 0 Å². The van der Waals surface area contributed by atoms with E-state index in [1.54, 1.807) is 0 Å². The third-order valence-corrected chi connectivity index (χ3v) is 11.2. The van der Waals surface area contributed by atoms with E-state index in [9.17, 15) is 0 Å². The Labute approximate surface area is 336 Å². The zero-order valence-corrected chi connectivity index (χ0v) is 31.6. The van der Waals surface area contributed by atoms with Crippen LogP contribution in [0.15, 0.2) is 223 Å². The predicted molar refractivity (Wildman–Crippen MR) is 243 cm³/mol. The van der Waals surface area contributed by atoms with Crippen LogP contribution in [0.25, 0.3) is 88.3 Å². The van der Waals surface area contributed by atoms with E-state index in [0.717, 1.165) is 66.6 Å². The molecule has 0 saturated heterocycles. The lowest BCUT2D eigenvalue weighted by atomic mass is 9.98. The Morgan fingerprint density at radius 3 is 1.69 bits per heavy atom. The van der Waals surface area contributed by atoms with Gasteiger partial charge >= 0.3 is 0 Å². The number of hydrogen-bond acceptors (Lipinski definition) is 3. The Morgan fingerprint density at radius 1 is 0.345 bits per heavy atom. The van der Waals surface area contributed by atoms with E-state index in [1.165, 1.54) is 32.8 Å². The fourth-order valence-electron chi connectivity index (χ4n) is 8.28. The second kappa shape index (κ2) is 14.1. The van der Waals surface area contributed by atoms with E-state index >= 15 is 0 Å². The molecular formula is C55H36N2O. The minimum atomic E-state index is 0.625. The molecule has 0 aliphatic rings. The predicted octanol–water partition coefficient (Wildman–Crippen LogP) is 15.4.